The lowest BCUT2D eigenvalue weighted by atomic mass is 10.3. The van der Waals surface area contributed by atoms with Crippen molar-refractivity contribution in [3.63, 3.8) is 0 Å². The van der Waals surface area contributed by atoms with E-state index in [9.17, 15) is 4.79 Å². The molecular formula is C13H18ClN3OS. The topological polar surface area (TPSA) is 58.4 Å². The van der Waals surface area contributed by atoms with Crippen molar-refractivity contribution in [3.05, 3.63) is 29.3 Å². The van der Waals surface area contributed by atoms with Crippen LogP contribution in [-0.2, 0) is 4.79 Å². The van der Waals surface area contributed by atoms with Crippen LogP contribution in [0.25, 0.3) is 0 Å². The second-order valence-corrected chi connectivity index (χ2v) is 5.48. The van der Waals surface area contributed by atoms with Gasteiger partial charge in [-0.25, -0.2) is 0 Å². The molecule has 0 saturated heterocycles. The number of thiocarbonyl (C=S) groups is 1. The molecule has 0 aliphatic carbocycles. The van der Waals surface area contributed by atoms with E-state index in [4.69, 9.17) is 29.6 Å². The van der Waals surface area contributed by atoms with Crippen LogP contribution >= 0.6 is 23.8 Å². The Kier molecular flexibility index (Phi) is 6.21. The smallest absolute Gasteiger partial charge is 0.238 e. The molecule has 19 heavy (non-hydrogen) atoms. The Hall–Kier alpha value is -1.17. The molecule has 1 rings (SSSR count). The van der Waals surface area contributed by atoms with Crippen LogP contribution in [0.15, 0.2) is 24.3 Å². The van der Waals surface area contributed by atoms with Crippen molar-refractivity contribution in [2.45, 2.75) is 19.9 Å². The van der Waals surface area contributed by atoms with Gasteiger partial charge in [-0.3, -0.25) is 9.69 Å². The third kappa shape index (κ3) is 6.00. The molecule has 0 unspecified atom stereocenters. The Morgan fingerprint density at radius 3 is 2.68 bits per heavy atom. The quantitative estimate of drug-likeness (QED) is 0.791. The summed E-state index contributed by atoms with van der Waals surface area (Å²) in [5.74, 6) is -0.118. The number of nitrogens with zero attached hydrogens (tertiary/aromatic N) is 1. The van der Waals surface area contributed by atoms with Gasteiger partial charge >= 0.3 is 0 Å². The molecule has 0 fully saturated rings. The fourth-order valence-electron chi connectivity index (χ4n) is 1.57. The molecule has 3 N–H and O–H groups in total. The first-order chi connectivity index (χ1) is 8.88. The standard InChI is InChI=1S/C13H18ClN3OS/c1-9(2)17(7-12(15)19)8-13(18)16-11-5-3-4-10(14)6-11/h3-6,9H,7-8H2,1-2H3,(H2,15,19)(H,16,18). The highest BCUT2D eigenvalue weighted by Gasteiger charge is 2.14. The van der Waals surface area contributed by atoms with Gasteiger partial charge in [-0.15, -0.1) is 0 Å². The summed E-state index contributed by atoms with van der Waals surface area (Å²) in [5.41, 5.74) is 6.20. The maximum atomic E-state index is 11.9. The Labute approximate surface area is 123 Å². The zero-order valence-electron chi connectivity index (χ0n) is 11.0. The number of nitrogens with one attached hydrogen (secondary N) is 1. The lowest BCUT2D eigenvalue weighted by Crippen LogP contribution is -2.42. The molecule has 1 amide bonds. The highest BCUT2D eigenvalue weighted by atomic mass is 35.5. The molecule has 6 heteroatoms. The SMILES string of the molecule is CC(C)N(CC(=O)Nc1cccc(Cl)c1)CC(N)=S. The van der Waals surface area contributed by atoms with E-state index in [-0.39, 0.29) is 18.5 Å². The first-order valence-corrected chi connectivity index (χ1v) is 6.75. The maximum absolute atomic E-state index is 11.9. The summed E-state index contributed by atoms with van der Waals surface area (Å²) in [4.78, 5) is 14.2. The van der Waals surface area contributed by atoms with Crippen LogP contribution in [0.4, 0.5) is 5.69 Å². The van der Waals surface area contributed by atoms with Crippen LogP contribution in [0, 0.1) is 0 Å². The van der Waals surface area contributed by atoms with Crippen LogP contribution < -0.4 is 11.1 Å². The van der Waals surface area contributed by atoms with Crippen LogP contribution in [0.3, 0.4) is 0 Å². The molecule has 0 aliphatic rings. The maximum Gasteiger partial charge on any atom is 0.238 e. The van der Waals surface area contributed by atoms with Gasteiger partial charge in [0.15, 0.2) is 0 Å². The third-order valence-electron chi connectivity index (χ3n) is 2.54. The Bertz CT molecular complexity index is 465. The Morgan fingerprint density at radius 1 is 1.47 bits per heavy atom. The molecule has 0 heterocycles. The minimum atomic E-state index is -0.118. The summed E-state index contributed by atoms with van der Waals surface area (Å²) in [5, 5.41) is 3.38. The summed E-state index contributed by atoms with van der Waals surface area (Å²) < 4.78 is 0. The normalized spacial score (nSPS) is 10.8. The number of nitrogens with two attached hydrogens (primary N) is 1. The number of halogens is 1. The third-order valence-corrected chi connectivity index (χ3v) is 2.91. The molecule has 0 atom stereocenters. The number of amides is 1. The van der Waals surface area contributed by atoms with Crippen molar-refractivity contribution in [2.75, 3.05) is 18.4 Å². The van der Waals surface area contributed by atoms with Gasteiger partial charge in [0.2, 0.25) is 5.91 Å². The number of anilines is 1. The summed E-state index contributed by atoms with van der Waals surface area (Å²) in [6.07, 6.45) is 0. The fourth-order valence-corrected chi connectivity index (χ4v) is 1.93. The van der Waals surface area contributed by atoms with E-state index in [1.807, 2.05) is 18.7 Å². The van der Waals surface area contributed by atoms with Gasteiger partial charge < -0.3 is 11.1 Å². The Morgan fingerprint density at radius 2 is 2.16 bits per heavy atom. The van der Waals surface area contributed by atoms with Crippen LogP contribution in [0.5, 0.6) is 0 Å². The van der Waals surface area contributed by atoms with E-state index >= 15 is 0 Å². The fraction of sp³-hybridized carbons (Fsp3) is 0.385. The molecule has 0 aliphatic heterocycles. The monoisotopic (exact) mass is 299 g/mol. The van der Waals surface area contributed by atoms with Crippen LogP contribution in [0.1, 0.15) is 13.8 Å². The number of rotatable bonds is 6. The van der Waals surface area contributed by atoms with Gasteiger partial charge in [0, 0.05) is 23.3 Å². The lowest BCUT2D eigenvalue weighted by Gasteiger charge is -2.25. The number of carbonyl (C=O) groups is 1. The summed E-state index contributed by atoms with van der Waals surface area (Å²) in [7, 11) is 0. The predicted octanol–water partition coefficient (Wildman–Crippen LogP) is 2.28. The summed E-state index contributed by atoms with van der Waals surface area (Å²) in [6, 6.07) is 7.22. The number of carbonyl (C=O) groups excluding carboxylic acids is 1. The summed E-state index contributed by atoms with van der Waals surface area (Å²) in [6.45, 7) is 4.65. The van der Waals surface area contributed by atoms with Crippen LogP contribution in [-0.4, -0.2) is 34.9 Å². The van der Waals surface area contributed by atoms with E-state index in [0.29, 0.717) is 22.2 Å². The average molecular weight is 300 g/mol. The zero-order valence-corrected chi connectivity index (χ0v) is 12.6. The van der Waals surface area contributed by atoms with Crippen molar-refractivity contribution in [1.29, 1.82) is 0 Å². The van der Waals surface area contributed by atoms with Crippen molar-refractivity contribution >= 4 is 40.4 Å². The lowest BCUT2D eigenvalue weighted by molar-refractivity contribution is -0.117. The van der Waals surface area contributed by atoms with Gasteiger partial charge in [-0.2, -0.15) is 0 Å². The van der Waals surface area contributed by atoms with E-state index < -0.39 is 0 Å². The Balaban J connectivity index is 2.60. The van der Waals surface area contributed by atoms with Crippen molar-refractivity contribution in [1.82, 2.24) is 4.90 Å². The summed E-state index contributed by atoms with van der Waals surface area (Å²) >= 11 is 10.7. The minimum Gasteiger partial charge on any atom is -0.392 e. The molecule has 1 aromatic carbocycles. The molecule has 4 nitrogen and oxygen atoms in total. The zero-order chi connectivity index (χ0) is 14.4. The van der Waals surface area contributed by atoms with Crippen LogP contribution in [0.2, 0.25) is 5.02 Å². The molecule has 0 bridgehead atoms. The average Bonchev–Trinajstić information content (AvgIpc) is 2.27. The first kappa shape index (κ1) is 15.9. The van der Waals surface area contributed by atoms with Crippen molar-refractivity contribution in [2.24, 2.45) is 5.73 Å². The largest absolute Gasteiger partial charge is 0.392 e. The highest BCUT2D eigenvalue weighted by Crippen LogP contribution is 2.14. The van der Waals surface area contributed by atoms with E-state index in [1.165, 1.54) is 0 Å². The van der Waals surface area contributed by atoms with Crippen molar-refractivity contribution < 1.29 is 4.79 Å². The minimum absolute atomic E-state index is 0.118. The van der Waals surface area contributed by atoms with E-state index in [1.54, 1.807) is 24.3 Å². The number of hydrogen-bond donors (Lipinski definition) is 2. The van der Waals surface area contributed by atoms with Gasteiger partial charge in [0.05, 0.1) is 11.5 Å². The second kappa shape index (κ2) is 7.43. The predicted molar refractivity (Wildman–Crippen MR) is 83.6 cm³/mol. The number of hydrogen-bond acceptors (Lipinski definition) is 3. The molecule has 0 spiro atoms. The van der Waals surface area contributed by atoms with Gasteiger partial charge in [0.1, 0.15) is 0 Å². The second-order valence-electron chi connectivity index (χ2n) is 4.52. The van der Waals surface area contributed by atoms with Crippen molar-refractivity contribution in [3.8, 4) is 0 Å². The van der Waals surface area contributed by atoms with Gasteiger partial charge in [0.25, 0.3) is 0 Å². The van der Waals surface area contributed by atoms with Gasteiger partial charge in [-0.05, 0) is 32.0 Å². The molecule has 0 aromatic heterocycles. The van der Waals surface area contributed by atoms with Gasteiger partial charge in [-0.1, -0.05) is 29.9 Å². The first-order valence-electron chi connectivity index (χ1n) is 5.96. The molecular weight excluding hydrogens is 282 g/mol. The van der Waals surface area contributed by atoms with E-state index in [2.05, 4.69) is 5.32 Å². The molecule has 0 radical (unpaired) electrons. The molecule has 104 valence electrons. The molecule has 0 saturated carbocycles. The number of benzene rings is 1. The molecule has 1 aromatic rings. The highest BCUT2D eigenvalue weighted by molar-refractivity contribution is 7.80. The van der Waals surface area contributed by atoms with E-state index in [0.717, 1.165) is 0 Å².